The molecule has 1 amide bonds. The van der Waals surface area contributed by atoms with Crippen LogP contribution in [0.2, 0.25) is 0 Å². The molecule has 2 heterocycles. The molecule has 2 aromatic carbocycles. The maximum Gasteiger partial charge on any atom is 0.338 e. The van der Waals surface area contributed by atoms with Crippen molar-refractivity contribution in [2.24, 2.45) is 0 Å². The SMILES string of the molecule is CC(C)OC(=O)c1cccc(NC(=O)CSc2nc3scc(-c4ccc(C(C)C)cc4)c3c(=O)[nH]2)c1. The number of carbonyl (C=O) groups is 2. The molecular formula is C27H27N3O4S2. The number of thioether (sulfide) groups is 1. The summed E-state index contributed by atoms with van der Waals surface area (Å²) in [4.78, 5) is 45.5. The summed E-state index contributed by atoms with van der Waals surface area (Å²) in [7, 11) is 0. The molecule has 0 aliphatic heterocycles. The summed E-state index contributed by atoms with van der Waals surface area (Å²) in [5, 5.41) is 5.63. The van der Waals surface area contributed by atoms with Gasteiger partial charge in [0.1, 0.15) is 4.83 Å². The maximum absolute atomic E-state index is 12.9. The first-order valence-corrected chi connectivity index (χ1v) is 13.4. The van der Waals surface area contributed by atoms with Gasteiger partial charge in [0.15, 0.2) is 5.16 Å². The van der Waals surface area contributed by atoms with Gasteiger partial charge in [-0.15, -0.1) is 11.3 Å². The van der Waals surface area contributed by atoms with E-state index in [1.807, 2.05) is 17.5 Å². The number of aromatic nitrogens is 2. The zero-order chi connectivity index (χ0) is 25.8. The summed E-state index contributed by atoms with van der Waals surface area (Å²) < 4.78 is 5.20. The van der Waals surface area contributed by atoms with Gasteiger partial charge in [-0.1, -0.05) is 55.9 Å². The molecule has 4 rings (SSSR count). The maximum atomic E-state index is 12.9. The molecule has 0 atom stereocenters. The molecule has 2 N–H and O–H groups in total. The summed E-state index contributed by atoms with van der Waals surface area (Å²) in [5.41, 5.74) is 3.68. The third kappa shape index (κ3) is 6.03. The summed E-state index contributed by atoms with van der Waals surface area (Å²) in [5.74, 6) is -0.249. The van der Waals surface area contributed by atoms with E-state index in [1.165, 1.54) is 16.9 Å². The van der Waals surface area contributed by atoms with Crippen LogP contribution in [0.5, 0.6) is 0 Å². The van der Waals surface area contributed by atoms with Gasteiger partial charge in [0, 0.05) is 16.6 Å². The first-order chi connectivity index (χ1) is 17.2. The van der Waals surface area contributed by atoms with Crippen molar-refractivity contribution in [3.8, 4) is 11.1 Å². The van der Waals surface area contributed by atoms with E-state index in [9.17, 15) is 14.4 Å². The van der Waals surface area contributed by atoms with Crippen molar-refractivity contribution in [2.75, 3.05) is 11.1 Å². The summed E-state index contributed by atoms with van der Waals surface area (Å²) in [6, 6.07) is 14.8. The molecule has 0 saturated carbocycles. The second-order valence-corrected chi connectivity index (χ2v) is 10.7. The molecule has 0 radical (unpaired) electrons. The molecule has 2 aromatic heterocycles. The number of amides is 1. The van der Waals surface area contributed by atoms with E-state index in [0.29, 0.717) is 32.5 Å². The number of hydrogen-bond donors (Lipinski definition) is 2. The van der Waals surface area contributed by atoms with Gasteiger partial charge in [-0.25, -0.2) is 9.78 Å². The van der Waals surface area contributed by atoms with Crippen LogP contribution >= 0.6 is 23.1 Å². The van der Waals surface area contributed by atoms with Gasteiger partial charge in [0.25, 0.3) is 5.56 Å². The highest BCUT2D eigenvalue weighted by molar-refractivity contribution is 7.99. The Morgan fingerprint density at radius 3 is 2.56 bits per heavy atom. The van der Waals surface area contributed by atoms with Crippen LogP contribution in [0.25, 0.3) is 21.3 Å². The molecule has 0 unspecified atom stereocenters. The summed E-state index contributed by atoms with van der Waals surface area (Å²) >= 11 is 2.55. The first kappa shape index (κ1) is 25.7. The highest BCUT2D eigenvalue weighted by Crippen LogP contribution is 2.32. The molecule has 0 bridgehead atoms. The van der Waals surface area contributed by atoms with Crippen molar-refractivity contribution in [1.29, 1.82) is 0 Å². The third-order valence-corrected chi connectivity index (χ3v) is 7.12. The van der Waals surface area contributed by atoms with Crippen LogP contribution < -0.4 is 10.9 Å². The molecule has 0 aliphatic carbocycles. The molecule has 0 fully saturated rings. The number of benzene rings is 2. The Balaban J connectivity index is 1.44. The number of carbonyl (C=O) groups excluding carboxylic acids is 2. The molecule has 9 heteroatoms. The number of nitrogens with one attached hydrogen (secondary N) is 2. The van der Waals surface area contributed by atoms with Crippen molar-refractivity contribution >= 4 is 50.9 Å². The molecule has 36 heavy (non-hydrogen) atoms. The van der Waals surface area contributed by atoms with Crippen LogP contribution in [0.3, 0.4) is 0 Å². The number of anilines is 1. The van der Waals surface area contributed by atoms with Crippen LogP contribution in [0.15, 0.2) is 63.9 Å². The lowest BCUT2D eigenvalue weighted by Crippen LogP contribution is -2.16. The minimum Gasteiger partial charge on any atom is -0.459 e. The largest absolute Gasteiger partial charge is 0.459 e. The normalized spacial score (nSPS) is 11.3. The third-order valence-electron chi connectivity index (χ3n) is 5.38. The quantitative estimate of drug-likeness (QED) is 0.166. The Hall–Kier alpha value is -3.43. The Kier molecular flexibility index (Phi) is 7.91. The summed E-state index contributed by atoms with van der Waals surface area (Å²) in [6.45, 7) is 7.84. The predicted molar refractivity (Wildman–Crippen MR) is 146 cm³/mol. The van der Waals surface area contributed by atoms with Crippen molar-refractivity contribution < 1.29 is 14.3 Å². The molecule has 0 aliphatic rings. The monoisotopic (exact) mass is 521 g/mol. The predicted octanol–water partition coefficient (Wildman–Crippen LogP) is 6.07. The lowest BCUT2D eigenvalue weighted by molar-refractivity contribution is -0.113. The zero-order valence-corrected chi connectivity index (χ0v) is 22.1. The van der Waals surface area contributed by atoms with Crippen molar-refractivity contribution in [2.45, 2.75) is 44.9 Å². The lowest BCUT2D eigenvalue weighted by atomic mass is 9.99. The second kappa shape index (κ2) is 11.1. The number of aromatic amines is 1. The smallest absolute Gasteiger partial charge is 0.338 e. The molecule has 0 saturated heterocycles. The average Bonchev–Trinajstić information content (AvgIpc) is 3.27. The molecular weight excluding hydrogens is 494 g/mol. The molecule has 7 nitrogen and oxygen atoms in total. The standard InChI is InChI=1S/C27H27N3O4S2/c1-15(2)17-8-10-18(11-9-17)21-13-35-25-23(21)24(32)29-27(30-25)36-14-22(31)28-20-7-5-6-19(12-20)26(33)34-16(3)4/h5-13,15-16H,14H2,1-4H3,(H,28,31)(H,29,30,32). The number of ether oxygens (including phenoxy) is 1. The van der Waals surface area contributed by atoms with Gasteiger partial charge in [-0.3, -0.25) is 9.59 Å². The van der Waals surface area contributed by atoms with E-state index in [2.05, 4.69) is 41.3 Å². The van der Waals surface area contributed by atoms with Crippen molar-refractivity contribution in [3.63, 3.8) is 0 Å². The highest BCUT2D eigenvalue weighted by Gasteiger charge is 2.15. The fraction of sp³-hybridized carbons (Fsp3) is 0.259. The van der Waals surface area contributed by atoms with Crippen molar-refractivity contribution in [3.05, 3.63) is 75.4 Å². The van der Waals surface area contributed by atoms with Crippen LogP contribution in [0.4, 0.5) is 5.69 Å². The van der Waals surface area contributed by atoms with Crippen LogP contribution in [0.1, 0.15) is 49.5 Å². The topological polar surface area (TPSA) is 101 Å². The number of rotatable bonds is 8. The number of thiophene rings is 1. The van der Waals surface area contributed by atoms with Crippen molar-refractivity contribution in [1.82, 2.24) is 9.97 Å². The fourth-order valence-electron chi connectivity index (χ4n) is 3.59. The second-order valence-electron chi connectivity index (χ2n) is 8.85. The van der Waals surface area contributed by atoms with E-state index in [0.717, 1.165) is 22.9 Å². The van der Waals surface area contributed by atoms with Gasteiger partial charge < -0.3 is 15.0 Å². The van der Waals surface area contributed by atoms with E-state index >= 15 is 0 Å². The van der Waals surface area contributed by atoms with E-state index in [1.54, 1.807) is 38.1 Å². The number of fused-ring (bicyclic) bond motifs is 1. The fourth-order valence-corrected chi connectivity index (χ4v) is 5.26. The van der Waals surface area contributed by atoms with Gasteiger partial charge in [-0.05, 0) is 49.1 Å². The lowest BCUT2D eigenvalue weighted by Gasteiger charge is -2.09. The number of nitrogens with zero attached hydrogens (tertiary/aromatic N) is 1. The zero-order valence-electron chi connectivity index (χ0n) is 20.5. The van der Waals surface area contributed by atoms with E-state index in [4.69, 9.17) is 4.74 Å². The molecule has 186 valence electrons. The van der Waals surface area contributed by atoms with Crippen LogP contribution in [-0.2, 0) is 9.53 Å². The van der Waals surface area contributed by atoms with Gasteiger partial charge >= 0.3 is 5.97 Å². The van der Waals surface area contributed by atoms with E-state index in [-0.39, 0.29) is 23.3 Å². The summed E-state index contributed by atoms with van der Waals surface area (Å²) in [6.07, 6.45) is -0.232. The number of H-pyrrole nitrogens is 1. The Labute approximate surface area is 217 Å². The Bertz CT molecular complexity index is 1460. The average molecular weight is 522 g/mol. The van der Waals surface area contributed by atoms with Gasteiger partial charge in [0.2, 0.25) is 5.91 Å². The highest BCUT2D eigenvalue weighted by atomic mass is 32.2. The van der Waals surface area contributed by atoms with E-state index < -0.39 is 5.97 Å². The number of hydrogen-bond acceptors (Lipinski definition) is 7. The molecule has 0 spiro atoms. The minimum absolute atomic E-state index is 0.0456. The van der Waals surface area contributed by atoms with Gasteiger partial charge in [-0.2, -0.15) is 0 Å². The first-order valence-electron chi connectivity index (χ1n) is 11.6. The molecule has 4 aromatic rings. The van der Waals surface area contributed by atoms with Gasteiger partial charge in [0.05, 0.1) is 22.8 Å². The van der Waals surface area contributed by atoms with Crippen LogP contribution in [0, 0.1) is 0 Å². The van der Waals surface area contributed by atoms with Crippen LogP contribution in [-0.4, -0.2) is 33.7 Å². The minimum atomic E-state index is -0.447. The number of esters is 1. The Morgan fingerprint density at radius 1 is 1.11 bits per heavy atom. The Morgan fingerprint density at radius 2 is 1.86 bits per heavy atom.